The number of aromatic nitrogens is 4. The first-order chi connectivity index (χ1) is 45.1. The summed E-state index contributed by atoms with van der Waals surface area (Å²) in [5.74, 6) is 3.73. The number of hydrogen-bond donors (Lipinski definition) is 0. The number of imidazole rings is 1. The molecule has 7 heteroatoms. The molecule has 0 saturated heterocycles. The number of para-hydroxylation sites is 8. The number of pyridine rings is 1. The third kappa shape index (κ3) is 9.65. The highest BCUT2D eigenvalue weighted by molar-refractivity contribution is 6.09. The van der Waals surface area contributed by atoms with Gasteiger partial charge in [-0.1, -0.05) is 212 Å². The van der Waals surface area contributed by atoms with Crippen LogP contribution in [0.1, 0.15) is 0 Å². The molecule has 0 saturated carbocycles. The van der Waals surface area contributed by atoms with Gasteiger partial charge < -0.3 is 14.4 Å². The molecule has 0 radical (unpaired) electrons. The predicted octanol–water partition coefficient (Wildman–Crippen LogP) is 21.6. The van der Waals surface area contributed by atoms with E-state index in [1.165, 1.54) is 0 Å². The quantitative estimate of drug-likeness (QED) is 0.0903. The zero-order chi connectivity index (χ0) is 60.2. The van der Waals surface area contributed by atoms with Crippen LogP contribution in [0, 0.1) is 6.33 Å². The molecule has 7 nitrogen and oxygen atoms in total. The van der Waals surface area contributed by atoms with Gasteiger partial charge in [0, 0.05) is 29.1 Å². The topological polar surface area (TPSA) is 48.3 Å². The molecule has 13 aromatic carbocycles. The number of benzene rings is 13. The van der Waals surface area contributed by atoms with E-state index < -0.39 is 0 Å². The summed E-state index contributed by atoms with van der Waals surface area (Å²) < 4.78 is 20.1. The maximum Gasteiger partial charge on any atom is 0.269 e. The molecular weight excluding hydrogens is 1110 g/mol. The minimum Gasteiger partial charge on any atom is -0.458 e. The molecule has 0 spiro atoms. The van der Waals surface area contributed by atoms with Crippen molar-refractivity contribution in [3.8, 4) is 107 Å². The molecule has 0 aliphatic carbocycles. The van der Waals surface area contributed by atoms with Crippen LogP contribution in [-0.2, 0) is 0 Å². The zero-order valence-electron chi connectivity index (χ0n) is 49.3. The molecule has 428 valence electrons. The van der Waals surface area contributed by atoms with Crippen molar-refractivity contribution in [1.82, 2.24) is 14.1 Å². The molecule has 3 aromatic heterocycles. The van der Waals surface area contributed by atoms with E-state index in [1.807, 2.05) is 48.7 Å². The molecule has 1 aliphatic heterocycles. The van der Waals surface area contributed by atoms with Gasteiger partial charge in [-0.15, -0.1) is 0 Å². The van der Waals surface area contributed by atoms with Crippen molar-refractivity contribution in [2.45, 2.75) is 0 Å². The molecule has 0 bridgehead atoms. The number of nitrogens with zero attached hydrogens (tertiary/aromatic N) is 5. The Bertz CT molecular complexity index is 5120. The van der Waals surface area contributed by atoms with Gasteiger partial charge in [-0.2, -0.15) is 0 Å². The van der Waals surface area contributed by atoms with Crippen molar-refractivity contribution in [3.05, 3.63) is 340 Å². The Kier molecular flexibility index (Phi) is 13.1. The summed E-state index contributed by atoms with van der Waals surface area (Å²) in [5.41, 5.74) is 22.2. The molecule has 0 N–H and O–H groups in total. The first kappa shape index (κ1) is 53.0. The zero-order valence-corrected chi connectivity index (χ0v) is 49.3. The first-order valence-corrected chi connectivity index (χ1v) is 30.7. The van der Waals surface area contributed by atoms with Gasteiger partial charge in [0.25, 0.3) is 6.33 Å². The van der Waals surface area contributed by atoms with Crippen molar-refractivity contribution < 1.29 is 14.0 Å². The Morgan fingerprint density at radius 2 is 0.824 bits per heavy atom. The van der Waals surface area contributed by atoms with E-state index in [4.69, 9.17) is 14.5 Å². The maximum absolute atomic E-state index is 6.99. The Hall–Kier alpha value is -12.3. The van der Waals surface area contributed by atoms with Crippen LogP contribution in [0.3, 0.4) is 0 Å². The van der Waals surface area contributed by atoms with Gasteiger partial charge in [-0.25, -0.2) is 4.98 Å². The summed E-state index contributed by atoms with van der Waals surface area (Å²) in [5, 5.41) is 2.21. The number of fused-ring (bicyclic) bond motifs is 6. The Morgan fingerprint density at radius 1 is 0.341 bits per heavy atom. The van der Waals surface area contributed by atoms with Crippen molar-refractivity contribution in [1.29, 1.82) is 0 Å². The van der Waals surface area contributed by atoms with E-state index in [-0.39, 0.29) is 0 Å². The summed E-state index contributed by atoms with van der Waals surface area (Å²) in [7, 11) is 0. The SMILES string of the molecule is [c-]1n(-c2cccc(Oc3ccc4c5ccccc5n(-c5cc(N6c7ccccc7Oc7ccccc76)ccn5)c4c3)c2)c2ccccc2[n+]1-c1c(-c2cc(-c3ccccc3)cc(-c3ccccc3)c2)cccc1-c1cc(-c2ccccc2)cc(-c2ccccc2)c1. The highest BCUT2D eigenvalue weighted by Gasteiger charge is 2.27. The first-order valence-electron chi connectivity index (χ1n) is 30.7. The third-order valence-corrected chi connectivity index (χ3v) is 17.3. The standard InChI is InChI=1S/C84H55N5O2/c1-5-23-57(24-6-1)61-47-62(58-25-7-2-8-26-58)50-65(49-61)71-34-22-35-72(66-51-63(59-27-9-3-10-28-59)48-64(52-66)60-29-11-4-12-30-60)84(71)87-56-86(76-37-15-16-38-77(76)87)67-31-21-32-69(53-67)90-70-43-44-74-73-33-13-14-36-75(73)89(80(74)55-70)83-54-68(45-46-85-83)88-78-39-17-19-41-81(78)91-82-42-20-18-40-79(82)88/h1-55H. The largest absolute Gasteiger partial charge is 0.458 e. The normalized spacial score (nSPS) is 11.8. The molecular formula is C84H55N5O2. The van der Waals surface area contributed by atoms with Crippen LogP contribution in [0.2, 0.25) is 0 Å². The molecule has 0 atom stereocenters. The minimum absolute atomic E-state index is 0.681. The molecule has 0 fully saturated rings. The Labute approximate surface area is 527 Å². The van der Waals surface area contributed by atoms with Crippen molar-refractivity contribution in [2.75, 3.05) is 4.90 Å². The number of rotatable bonds is 12. The van der Waals surface area contributed by atoms with Crippen LogP contribution in [0.15, 0.2) is 334 Å². The second kappa shape index (κ2) is 22.4. The Balaban J connectivity index is 0.809. The fourth-order valence-corrected chi connectivity index (χ4v) is 13.2. The lowest BCUT2D eigenvalue weighted by Gasteiger charge is -2.32. The summed E-state index contributed by atoms with van der Waals surface area (Å²) in [6.45, 7) is 0. The summed E-state index contributed by atoms with van der Waals surface area (Å²) >= 11 is 0. The average Bonchev–Trinajstić information content (AvgIpc) is 1.72. The third-order valence-electron chi connectivity index (χ3n) is 17.3. The van der Waals surface area contributed by atoms with Gasteiger partial charge in [0.15, 0.2) is 11.5 Å². The maximum atomic E-state index is 6.99. The summed E-state index contributed by atoms with van der Waals surface area (Å²) in [6.07, 6.45) is 5.87. The van der Waals surface area contributed by atoms with Crippen LogP contribution in [0.25, 0.3) is 117 Å². The molecule has 1 aliphatic rings. The van der Waals surface area contributed by atoms with Crippen molar-refractivity contribution >= 4 is 49.9 Å². The van der Waals surface area contributed by atoms with E-state index in [0.717, 1.165) is 145 Å². The van der Waals surface area contributed by atoms with Gasteiger partial charge >= 0.3 is 0 Å². The van der Waals surface area contributed by atoms with Gasteiger partial charge in [-0.05, 0) is 170 Å². The van der Waals surface area contributed by atoms with Crippen LogP contribution in [0.4, 0.5) is 17.1 Å². The highest BCUT2D eigenvalue weighted by atomic mass is 16.5. The highest BCUT2D eigenvalue weighted by Crippen LogP contribution is 2.51. The smallest absolute Gasteiger partial charge is 0.269 e. The van der Waals surface area contributed by atoms with E-state index in [1.54, 1.807) is 0 Å². The van der Waals surface area contributed by atoms with Gasteiger partial charge in [-0.3, -0.25) is 13.7 Å². The number of hydrogen-bond acceptors (Lipinski definition) is 4. The number of anilines is 3. The molecule has 91 heavy (non-hydrogen) atoms. The fourth-order valence-electron chi connectivity index (χ4n) is 13.2. The van der Waals surface area contributed by atoms with Crippen LogP contribution in [0.5, 0.6) is 23.0 Å². The van der Waals surface area contributed by atoms with E-state index >= 15 is 0 Å². The van der Waals surface area contributed by atoms with Gasteiger partial charge in [0.2, 0.25) is 0 Å². The van der Waals surface area contributed by atoms with Gasteiger partial charge in [0.1, 0.15) is 17.3 Å². The lowest BCUT2D eigenvalue weighted by atomic mass is 9.89. The fraction of sp³-hybridized carbons (Fsp3) is 0. The lowest BCUT2D eigenvalue weighted by molar-refractivity contribution is -0.571. The van der Waals surface area contributed by atoms with Gasteiger partial charge in [0.05, 0.1) is 50.5 Å². The lowest BCUT2D eigenvalue weighted by Crippen LogP contribution is -2.31. The van der Waals surface area contributed by atoms with E-state index in [9.17, 15) is 0 Å². The second-order valence-electron chi connectivity index (χ2n) is 22.9. The van der Waals surface area contributed by atoms with Crippen LogP contribution < -0.4 is 18.9 Å². The molecule has 4 heterocycles. The van der Waals surface area contributed by atoms with E-state index in [2.05, 4.69) is 310 Å². The second-order valence-corrected chi connectivity index (χ2v) is 22.9. The molecule has 17 rings (SSSR count). The van der Waals surface area contributed by atoms with E-state index in [0.29, 0.717) is 11.5 Å². The summed E-state index contributed by atoms with van der Waals surface area (Å²) in [6, 6.07) is 116. The summed E-state index contributed by atoms with van der Waals surface area (Å²) in [4.78, 5) is 7.31. The van der Waals surface area contributed by atoms with Crippen LogP contribution >= 0.6 is 0 Å². The van der Waals surface area contributed by atoms with Crippen LogP contribution in [-0.4, -0.2) is 14.1 Å². The monoisotopic (exact) mass is 1170 g/mol. The van der Waals surface area contributed by atoms with Crippen molar-refractivity contribution in [2.24, 2.45) is 0 Å². The van der Waals surface area contributed by atoms with Crippen molar-refractivity contribution in [3.63, 3.8) is 0 Å². The molecule has 16 aromatic rings. The number of ether oxygens (including phenoxy) is 2. The minimum atomic E-state index is 0.681. The Morgan fingerprint density at radius 3 is 1.42 bits per heavy atom. The average molecular weight is 1170 g/mol. The molecule has 0 amide bonds. The predicted molar refractivity (Wildman–Crippen MR) is 370 cm³/mol. The molecule has 0 unspecified atom stereocenters.